The van der Waals surface area contributed by atoms with Crippen LogP contribution in [0.25, 0.3) is 0 Å². The van der Waals surface area contributed by atoms with Crippen molar-refractivity contribution in [2.24, 2.45) is 0 Å². The second-order valence-corrected chi connectivity index (χ2v) is 10.3. The Morgan fingerprint density at radius 2 is 1.84 bits per heavy atom. The van der Waals surface area contributed by atoms with E-state index in [0.717, 1.165) is 28.8 Å². The number of benzene rings is 1. The molecule has 10 heteroatoms. The van der Waals surface area contributed by atoms with Crippen LogP contribution in [0.5, 0.6) is 0 Å². The summed E-state index contributed by atoms with van der Waals surface area (Å²) in [5.74, 6) is -0.422. The highest BCUT2D eigenvalue weighted by atomic mass is 32.2. The fourth-order valence-electron chi connectivity index (χ4n) is 3.02. The van der Waals surface area contributed by atoms with Crippen LogP contribution < -0.4 is 10.0 Å². The molecule has 0 aliphatic rings. The number of rotatable bonds is 8. The molecule has 2 rings (SSSR count). The topological polar surface area (TPSA) is 102 Å². The number of allylic oxidation sites excluding steroid dienone is 1. The Kier molecular flexibility index (Phi) is 8.06. The van der Waals surface area contributed by atoms with Crippen molar-refractivity contribution in [1.29, 1.82) is 0 Å². The van der Waals surface area contributed by atoms with Gasteiger partial charge in [0.2, 0.25) is 10.0 Å². The number of carbonyl (C=O) groups is 1. The Labute approximate surface area is 188 Å². The number of amides is 1. The van der Waals surface area contributed by atoms with Gasteiger partial charge in [0.25, 0.3) is 0 Å². The van der Waals surface area contributed by atoms with Crippen LogP contribution in [-0.2, 0) is 27.7 Å². The van der Waals surface area contributed by atoms with E-state index in [1.165, 1.54) is 6.08 Å². The maximum absolute atomic E-state index is 14.4. The first kappa shape index (κ1) is 25.4. The first-order chi connectivity index (χ1) is 14.7. The van der Waals surface area contributed by atoms with Gasteiger partial charge in [0.15, 0.2) is 0 Å². The van der Waals surface area contributed by atoms with Crippen molar-refractivity contribution in [2.75, 3.05) is 17.5 Å². The van der Waals surface area contributed by atoms with Crippen molar-refractivity contribution < 1.29 is 22.3 Å². The second-order valence-electron chi connectivity index (χ2n) is 8.59. The molecule has 0 saturated carbocycles. The lowest BCUT2D eigenvalue weighted by atomic mass is 10.0. The van der Waals surface area contributed by atoms with Gasteiger partial charge in [0.05, 0.1) is 18.5 Å². The van der Waals surface area contributed by atoms with Crippen LogP contribution in [0.15, 0.2) is 36.2 Å². The highest BCUT2D eigenvalue weighted by Gasteiger charge is 2.16. The number of aryl methyl sites for hydroxylation is 1. The minimum atomic E-state index is -3.32. The Morgan fingerprint density at radius 3 is 2.41 bits per heavy atom. The first-order valence-electron chi connectivity index (χ1n) is 10.1. The zero-order valence-corrected chi connectivity index (χ0v) is 20.1. The molecule has 8 nitrogen and oxygen atoms in total. The molecule has 0 fully saturated rings. The number of alkyl carbamates (subject to hydrolysis) is 1. The van der Waals surface area contributed by atoms with Gasteiger partial charge in [0, 0.05) is 29.9 Å². The number of nitrogens with zero attached hydrogens (tertiary/aromatic N) is 2. The van der Waals surface area contributed by atoms with Crippen molar-refractivity contribution in [3.8, 4) is 0 Å². The fourth-order valence-corrected chi connectivity index (χ4v) is 3.58. The van der Waals surface area contributed by atoms with E-state index in [2.05, 4.69) is 15.1 Å². The lowest BCUT2D eigenvalue weighted by Gasteiger charge is -2.19. The van der Waals surface area contributed by atoms with Crippen LogP contribution in [0, 0.1) is 13.8 Å². The Balaban J connectivity index is 2.01. The maximum Gasteiger partial charge on any atom is 0.407 e. The number of anilines is 1. The van der Waals surface area contributed by atoms with Crippen molar-refractivity contribution in [2.45, 2.75) is 53.2 Å². The maximum atomic E-state index is 14.4. The number of sulfonamides is 1. The number of ether oxygens (including phenoxy) is 1. The SMILES string of the molecule is Cc1nn(C/C(F)=C/CNC(=O)OC(C)(C)C)c(C)c1Cc1ccc(NS(C)(=O)=O)cc1. The van der Waals surface area contributed by atoms with Gasteiger partial charge in [0.1, 0.15) is 11.4 Å². The molecule has 2 aromatic rings. The molecule has 0 aliphatic carbocycles. The van der Waals surface area contributed by atoms with Crippen LogP contribution in [0.3, 0.4) is 0 Å². The molecular weight excluding hydrogens is 435 g/mol. The smallest absolute Gasteiger partial charge is 0.407 e. The second kappa shape index (κ2) is 10.2. The molecule has 0 bridgehead atoms. The third-order valence-electron chi connectivity index (χ3n) is 4.44. The van der Waals surface area contributed by atoms with E-state index < -0.39 is 27.5 Å². The van der Waals surface area contributed by atoms with Crippen LogP contribution >= 0.6 is 0 Å². The molecule has 2 N–H and O–H groups in total. The van der Waals surface area contributed by atoms with E-state index in [9.17, 15) is 17.6 Å². The molecule has 1 aromatic carbocycles. The molecule has 32 heavy (non-hydrogen) atoms. The van der Waals surface area contributed by atoms with Gasteiger partial charge in [-0.3, -0.25) is 9.40 Å². The lowest BCUT2D eigenvalue weighted by Crippen LogP contribution is -2.32. The number of halogens is 1. The Hall–Kier alpha value is -2.88. The molecule has 1 aromatic heterocycles. The Bertz CT molecular complexity index is 1080. The third-order valence-corrected chi connectivity index (χ3v) is 5.05. The molecule has 1 amide bonds. The van der Waals surface area contributed by atoms with E-state index in [1.807, 2.05) is 26.0 Å². The number of nitrogens with one attached hydrogen (secondary N) is 2. The summed E-state index contributed by atoms with van der Waals surface area (Å²) in [6, 6.07) is 7.08. The minimum absolute atomic E-state index is 0.0146. The monoisotopic (exact) mass is 466 g/mol. The van der Waals surface area contributed by atoms with Crippen LogP contribution in [0.4, 0.5) is 14.9 Å². The van der Waals surface area contributed by atoms with Gasteiger partial charge in [-0.1, -0.05) is 12.1 Å². The normalized spacial score (nSPS) is 12.5. The van der Waals surface area contributed by atoms with Crippen molar-refractivity contribution in [3.05, 3.63) is 58.7 Å². The third kappa shape index (κ3) is 8.33. The van der Waals surface area contributed by atoms with E-state index >= 15 is 0 Å². The van der Waals surface area contributed by atoms with Gasteiger partial charge >= 0.3 is 6.09 Å². The molecule has 176 valence electrons. The van der Waals surface area contributed by atoms with Crippen LogP contribution in [0.1, 0.15) is 43.3 Å². The predicted molar refractivity (Wildman–Crippen MR) is 123 cm³/mol. The number of hydrogen-bond acceptors (Lipinski definition) is 5. The molecule has 0 unspecified atom stereocenters. The highest BCUT2D eigenvalue weighted by Crippen LogP contribution is 2.20. The molecule has 0 radical (unpaired) electrons. The summed E-state index contributed by atoms with van der Waals surface area (Å²) < 4.78 is 46.1. The average Bonchev–Trinajstić information content (AvgIpc) is 2.88. The summed E-state index contributed by atoms with van der Waals surface area (Å²) in [5.41, 5.74) is 3.47. The first-order valence-corrected chi connectivity index (χ1v) is 12.0. The molecule has 0 atom stereocenters. The quantitative estimate of drug-likeness (QED) is 0.615. The van der Waals surface area contributed by atoms with Crippen LogP contribution in [0.2, 0.25) is 0 Å². The van der Waals surface area contributed by atoms with Gasteiger partial charge in [-0.05, 0) is 58.4 Å². The number of hydrogen-bond donors (Lipinski definition) is 2. The standard InChI is InChI=1S/C22H31FN4O4S/c1-15-20(13-17-7-9-19(10-8-17)26-32(6,29)30)16(2)27(25-15)14-18(23)11-12-24-21(28)31-22(3,4)5/h7-11,26H,12-14H2,1-6H3,(H,24,28)/b18-11-. The summed E-state index contributed by atoms with van der Waals surface area (Å²) in [6.07, 6.45) is 2.37. The highest BCUT2D eigenvalue weighted by molar-refractivity contribution is 7.92. The van der Waals surface area contributed by atoms with Crippen LogP contribution in [-0.4, -0.2) is 42.7 Å². The zero-order valence-electron chi connectivity index (χ0n) is 19.3. The van der Waals surface area contributed by atoms with Gasteiger partial charge in [-0.15, -0.1) is 0 Å². The summed E-state index contributed by atoms with van der Waals surface area (Å²) in [6.45, 7) is 8.98. The fraction of sp³-hybridized carbons (Fsp3) is 0.455. The van der Waals surface area contributed by atoms with E-state index in [-0.39, 0.29) is 13.1 Å². The molecule has 0 saturated heterocycles. The van der Waals surface area contributed by atoms with Gasteiger partial charge in [-0.25, -0.2) is 17.6 Å². The van der Waals surface area contributed by atoms with E-state index in [0.29, 0.717) is 12.1 Å². The largest absolute Gasteiger partial charge is 0.444 e. The van der Waals surface area contributed by atoms with Crippen molar-refractivity contribution in [3.63, 3.8) is 0 Å². The molecule has 0 spiro atoms. The summed E-state index contributed by atoms with van der Waals surface area (Å²) in [7, 11) is -3.32. The van der Waals surface area contributed by atoms with E-state index in [4.69, 9.17) is 4.74 Å². The molecule has 1 heterocycles. The van der Waals surface area contributed by atoms with Gasteiger partial charge in [-0.2, -0.15) is 5.10 Å². The Morgan fingerprint density at radius 1 is 1.22 bits per heavy atom. The average molecular weight is 467 g/mol. The molecule has 0 aliphatic heterocycles. The lowest BCUT2D eigenvalue weighted by molar-refractivity contribution is 0.0534. The number of aromatic nitrogens is 2. The predicted octanol–water partition coefficient (Wildman–Crippen LogP) is 3.84. The summed E-state index contributed by atoms with van der Waals surface area (Å²) in [5, 5.41) is 6.92. The number of carbonyl (C=O) groups excluding carboxylic acids is 1. The van der Waals surface area contributed by atoms with Gasteiger partial charge < -0.3 is 10.1 Å². The van der Waals surface area contributed by atoms with E-state index in [1.54, 1.807) is 37.6 Å². The molecular formula is C22H31FN4O4S. The van der Waals surface area contributed by atoms with Crippen molar-refractivity contribution in [1.82, 2.24) is 15.1 Å². The minimum Gasteiger partial charge on any atom is -0.444 e. The summed E-state index contributed by atoms with van der Waals surface area (Å²) in [4.78, 5) is 11.6. The summed E-state index contributed by atoms with van der Waals surface area (Å²) >= 11 is 0. The zero-order chi connectivity index (χ0) is 24.1. The van der Waals surface area contributed by atoms with Crippen molar-refractivity contribution >= 4 is 21.8 Å².